The molecule has 0 aliphatic heterocycles. The van der Waals surface area contributed by atoms with Gasteiger partial charge in [0, 0.05) is 4.90 Å². The average molecular weight is 246 g/mol. The highest BCUT2D eigenvalue weighted by atomic mass is 32.2. The third-order valence-corrected chi connectivity index (χ3v) is 3.03. The fourth-order valence-corrected chi connectivity index (χ4v) is 1.82. The Morgan fingerprint density at radius 3 is 2.59 bits per heavy atom. The molecule has 88 valence electrons. The molecule has 2 rings (SSSR count). The number of hydrogen-bond donors (Lipinski definition) is 1. The van der Waals surface area contributed by atoms with E-state index in [1.54, 1.807) is 28.8 Å². The van der Waals surface area contributed by atoms with E-state index in [2.05, 4.69) is 28.5 Å². The summed E-state index contributed by atoms with van der Waals surface area (Å²) in [5, 5.41) is 4.25. The molecule has 0 fully saturated rings. The quantitative estimate of drug-likeness (QED) is 0.668. The molecule has 0 saturated carbocycles. The van der Waals surface area contributed by atoms with Gasteiger partial charge in [0.25, 0.3) is 0 Å². The third kappa shape index (κ3) is 2.88. The first-order valence-corrected chi connectivity index (χ1v) is 6.41. The van der Waals surface area contributed by atoms with Gasteiger partial charge in [-0.1, -0.05) is 12.1 Å². The highest BCUT2D eigenvalue weighted by molar-refractivity contribution is 7.98. The van der Waals surface area contributed by atoms with E-state index < -0.39 is 0 Å². The lowest BCUT2D eigenvalue weighted by Crippen LogP contribution is -1.96. The van der Waals surface area contributed by atoms with E-state index in [0.29, 0.717) is 5.95 Å². The molecule has 5 heteroatoms. The lowest BCUT2D eigenvalue weighted by Gasteiger charge is -1.97. The van der Waals surface area contributed by atoms with Gasteiger partial charge in [-0.25, -0.2) is 9.66 Å². The van der Waals surface area contributed by atoms with Crippen LogP contribution < -0.4 is 5.73 Å². The topological polar surface area (TPSA) is 56.2 Å². The zero-order chi connectivity index (χ0) is 12.3. The smallest absolute Gasteiger partial charge is 0.221 e. The fourth-order valence-electron chi connectivity index (χ4n) is 1.42. The Hall–Kier alpha value is -1.75. The van der Waals surface area contributed by atoms with Gasteiger partial charge >= 0.3 is 0 Å². The second-order valence-corrected chi connectivity index (χ2v) is 4.48. The average Bonchev–Trinajstić information content (AvgIpc) is 2.66. The van der Waals surface area contributed by atoms with Crippen LogP contribution in [0.3, 0.4) is 0 Å². The van der Waals surface area contributed by atoms with Crippen molar-refractivity contribution >= 4 is 23.9 Å². The third-order valence-electron chi connectivity index (χ3n) is 2.28. The van der Waals surface area contributed by atoms with Crippen molar-refractivity contribution in [3.63, 3.8) is 0 Å². The number of aryl methyl sites for hydroxylation is 1. The number of aromatic nitrogens is 2. The molecule has 17 heavy (non-hydrogen) atoms. The first kappa shape index (κ1) is 11.7. The minimum atomic E-state index is 0.402. The summed E-state index contributed by atoms with van der Waals surface area (Å²) in [5.41, 5.74) is 7.58. The van der Waals surface area contributed by atoms with E-state index in [1.807, 2.05) is 19.1 Å². The predicted octanol–water partition coefficient (Wildman–Crippen LogP) is 2.38. The summed E-state index contributed by atoms with van der Waals surface area (Å²) in [6, 6.07) is 8.17. The summed E-state index contributed by atoms with van der Waals surface area (Å²) in [7, 11) is 0. The number of hydrogen-bond acceptors (Lipinski definition) is 4. The molecule has 1 aromatic heterocycles. The molecule has 1 heterocycles. The van der Waals surface area contributed by atoms with Crippen molar-refractivity contribution in [3.8, 4) is 0 Å². The van der Waals surface area contributed by atoms with Gasteiger partial charge in [0.1, 0.15) is 0 Å². The Morgan fingerprint density at radius 1 is 1.35 bits per heavy atom. The SMILES string of the molecule is CSc1ccc(C=Nn2cc(C)nc2N)cc1. The number of imidazole rings is 1. The summed E-state index contributed by atoms with van der Waals surface area (Å²) < 4.78 is 1.57. The maximum absolute atomic E-state index is 5.69. The van der Waals surface area contributed by atoms with Gasteiger partial charge in [0.15, 0.2) is 0 Å². The number of rotatable bonds is 3. The molecular weight excluding hydrogens is 232 g/mol. The van der Waals surface area contributed by atoms with Gasteiger partial charge in [0.05, 0.1) is 18.1 Å². The van der Waals surface area contributed by atoms with Crippen LogP contribution in [-0.2, 0) is 0 Å². The highest BCUT2D eigenvalue weighted by Gasteiger charge is 1.98. The standard InChI is InChI=1S/C12H14N4S/c1-9-8-16(12(13)15-9)14-7-10-3-5-11(17-2)6-4-10/h3-8H,1-2H3,(H2,13,15). The van der Waals surface area contributed by atoms with Gasteiger partial charge in [-0.05, 0) is 30.9 Å². The van der Waals surface area contributed by atoms with Gasteiger partial charge in [0.2, 0.25) is 5.95 Å². The van der Waals surface area contributed by atoms with Crippen LogP contribution in [-0.4, -0.2) is 22.1 Å². The monoisotopic (exact) mass is 246 g/mol. The van der Waals surface area contributed by atoms with Crippen LogP contribution in [0.25, 0.3) is 0 Å². The predicted molar refractivity (Wildman–Crippen MR) is 72.6 cm³/mol. The van der Waals surface area contributed by atoms with Gasteiger partial charge in [-0.3, -0.25) is 0 Å². The zero-order valence-corrected chi connectivity index (χ0v) is 10.6. The molecule has 0 aliphatic carbocycles. The molecule has 0 unspecified atom stereocenters. The second-order valence-electron chi connectivity index (χ2n) is 3.60. The molecule has 0 spiro atoms. The number of nitrogens with two attached hydrogens (primary N) is 1. The normalized spacial score (nSPS) is 11.2. The van der Waals surface area contributed by atoms with Crippen LogP contribution in [0.15, 0.2) is 40.5 Å². The molecule has 2 N–H and O–H groups in total. The lowest BCUT2D eigenvalue weighted by molar-refractivity contribution is 0.897. The summed E-state index contributed by atoms with van der Waals surface area (Å²) in [4.78, 5) is 5.31. The minimum Gasteiger partial charge on any atom is -0.368 e. The first-order valence-electron chi connectivity index (χ1n) is 5.19. The summed E-state index contributed by atoms with van der Waals surface area (Å²) in [5.74, 6) is 0.402. The van der Waals surface area contributed by atoms with Crippen molar-refractivity contribution in [2.45, 2.75) is 11.8 Å². The minimum absolute atomic E-state index is 0.402. The Balaban J connectivity index is 2.17. The molecule has 0 aliphatic rings. The van der Waals surface area contributed by atoms with Crippen molar-refractivity contribution in [3.05, 3.63) is 41.7 Å². The molecule has 0 atom stereocenters. The molecule has 0 amide bonds. The molecule has 1 aromatic carbocycles. The van der Waals surface area contributed by atoms with Gasteiger partial charge < -0.3 is 5.73 Å². The Bertz CT molecular complexity index is 528. The van der Waals surface area contributed by atoms with Crippen LogP contribution >= 0.6 is 11.8 Å². The van der Waals surface area contributed by atoms with E-state index in [1.165, 1.54) is 4.90 Å². The van der Waals surface area contributed by atoms with E-state index in [0.717, 1.165) is 11.3 Å². The lowest BCUT2D eigenvalue weighted by atomic mass is 10.2. The molecule has 4 nitrogen and oxygen atoms in total. The molecule has 0 saturated heterocycles. The van der Waals surface area contributed by atoms with Crippen LogP contribution in [0.1, 0.15) is 11.3 Å². The second kappa shape index (κ2) is 5.05. The van der Waals surface area contributed by atoms with Crippen LogP contribution in [0, 0.1) is 6.92 Å². The van der Waals surface area contributed by atoms with E-state index in [-0.39, 0.29) is 0 Å². The first-order chi connectivity index (χ1) is 8.19. The number of nitrogen functional groups attached to an aromatic ring is 1. The van der Waals surface area contributed by atoms with Crippen molar-refractivity contribution in [1.29, 1.82) is 0 Å². The van der Waals surface area contributed by atoms with E-state index in [9.17, 15) is 0 Å². The molecule has 0 bridgehead atoms. The van der Waals surface area contributed by atoms with Crippen molar-refractivity contribution in [2.75, 3.05) is 12.0 Å². The van der Waals surface area contributed by atoms with Crippen molar-refractivity contribution in [2.24, 2.45) is 5.10 Å². The van der Waals surface area contributed by atoms with E-state index in [4.69, 9.17) is 5.73 Å². The Kier molecular flexibility index (Phi) is 3.49. The van der Waals surface area contributed by atoms with Gasteiger partial charge in [-0.2, -0.15) is 5.10 Å². The zero-order valence-electron chi connectivity index (χ0n) is 9.79. The Morgan fingerprint density at radius 2 is 2.06 bits per heavy atom. The maximum Gasteiger partial charge on any atom is 0.221 e. The number of anilines is 1. The summed E-state index contributed by atoms with van der Waals surface area (Å²) in [6.07, 6.45) is 5.61. The van der Waals surface area contributed by atoms with Gasteiger partial charge in [-0.15, -0.1) is 11.8 Å². The van der Waals surface area contributed by atoms with Crippen LogP contribution in [0.5, 0.6) is 0 Å². The van der Waals surface area contributed by atoms with Crippen LogP contribution in [0.4, 0.5) is 5.95 Å². The number of benzene rings is 1. The molecule has 0 radical (unpaired) electrons. The molecular formula is C12H14N4S. The van der Waals surface area contributed by atoms with Crippen molar-refractivity contribution < 1.29 is 0 Å². The summed E-state index contributed by atoms with van der Waals surface area (Å²) in [6.45, 7) is 1.88. The number of thioether (sulfide) groups is 1. The highest BCUT2D eigenvalue weighted by Crippen LogP contribution is 2.14. The maximum atomic E-state index is 5.69. The number of nitrogens with zero attached hydrogens (tertiary/aromatic N) is 3. The van der Waals surface area contributed by atoms with Crippen molar-refractivity contribution in [1.82, 2.24) is 9.66 Å². The Labute approximate surface area is 105 Å². The van der Waals surface area contributed by atoms with Crippen LogP contribution in [0.2, 0.25) is 0 Å². The largest absolute Gasteiger partial charge is 0.368 e. The molecule has 2 aromatic rings. The fraction of sp³-hybridized carbons (Fsp3) is 0.167. The summed E-state index contributed by atoms with van der Waals surface area (Å²) >= 11 is 1.72. The van der Waals surface area contributed by atoms with E-state index >= 15 is 0 Å².